The molecule has 0 unspecified atom stereocenters. The lowest BCUT2D eigenvalue weighted by molar-refractivity contribution is 0.0263. The second-order valence-electron chi connectivity index (χ2n) is 8.26. The molecule has 1 aromatic carbocycles. The van der Waals surface area contributed by atoms with Crippen LogP contribution in [0.1, 0.15) is 12.8 Å². The Balaban J connectivity index is 1.29. The smallest absolute Gasteiger partial charge is 0.123 e. The summed E-state index contributed by atoms with van der Waals surface area (Å²) in [6, 6.07) is 7.45. The summed E-state index contributed by atoms with van der Waals surface area (Å²) in [4.78, 5) is 7.48. The molecule has 0 spiro atoms. The highest BCUT2D eigenvalue weighted by molar-refractivity contribution is 5.46. The molecular formula is C21H32FN3O2. The third-order valence-corrected chi connectivity index (χ3v) is 6.61. The molecule has 0 radical (unpaired) electrons. The molecule has 3 fully saturated rings. The van der Waals surface area contributed by atoms with Crippen LogP contribution in [0.2, 0.25) is 0 Å². The van der Waals surface area contributed by atoms with Crippen LogP contribution in [0.4, 0.5) is 10.1 Å². The van der Waals surface area contributed by atoms with Gasteiger partial charge in [0.2, 0.25) is 0 Å². The van der Waals surface area contributed by atoms with Crippen LogP contribution in [0.25, 0.3) is 0 Å². The number of morpholine rings is 1. The highest BCUT2D eigenvalue weighted by atomic mass is 19.1. The quantitative estimate of drug-likeness (QED) is 0.845. The number of halogens is 1. The van der Waals surface area contributed by atoms with Crippen molar-refractivity contribution in [1.82, 2.24) is 9.80 Å². The molecular weight excluding hydrogens is 345 g/mol. The standard InChI is InChI=1S/C21H32FN3O2/c22-19-1-3-20(4-2-19)24-7-5-21(6-8-24)25-14-17(18(15-25)16-26)13-23-9-11-27-12-10-23/h1-4,17-18,21,26H,5-16H2/t17-,18-/m1/s1. The predicted molar refractivity (Wildman–Crippen MR) is 105 cm³/mol. The molecule has 0 aromatic heterocycles. The van der Waals surface area contributed by atoms with Crippen molar-refractivity contribution in [3.8, 4) is 0 Å². The second kappa shape index (κ2) is 8.86. The molecule has 150 valence electrons. The van der Waals surface area contributed by atoms with Crippen LogP contribution in [-0.4, -0.2) is 86.6 Å². The van der Waals surface area contributed by atoms with E-state index in [1.807, 2.05) is 12.1 Å². The molecule has 3 heterocycles. The first kappa shape index (κ1) is 19.1. The van der Waals surface area contributed by atoms with Crippen LogP contribution < -0.4 is 4.90 Å². The molecule has 0 aliphatic carbocycles. The Morgan fingerprint density at radius 3 is 2.30 bits per heavy atom. The number of hydrogen-bond acceptors (Lipinski definition) is 5. The van der Waals surface area contributed by atoms with Crippen molar-refractivity contribution in [1.29, 1.82) is 0 Å². The van der Waals surface area contributed by atoms with Crippen molar-refractivity contribution in [2.24, 2.45) is 11.8 Å². The Morgan fingerprint density at radius 2 is 1.63 bits per heavy atom. The minimum Gasteiger partial charge on any atom is -0.396 e. The summed E-state index contributed by atoms with van der Waals surface area (Å²) in [7, 11) is 0. The first-order chi connectivity index (χ1) is 13.2. The fourth-order valence-corrected chi connectivity index (χ4v) is 4.94. The van der Waals surface area contributed by atoms with Crippen molar-refractivity contribution in [2.45, 2.75) is 18.9 Å². The Morgan fingerprint density at radius 1 is 0.963 bits per heavy atom. The van der Waals surface area contributed by atoms with Gasteiger partial charge in [-0.25, -0.2) is 4.39 Å². The largest absolute Gasteiger partial charge is 0.396 e. The van der Waals surface area contributed by atoms with Crippen molar-refractivity contribution in [3.63, 3.8) is 0 Å². The first-order valence-electron chi connectivity index (χ1n) is 10.4. The number of likely N-dealkylation sites (tertiary alicyclic amines) is 1. The average Bonchev–Trinajstić information content (AvgIpc) is 3.12. The summed E-state index contributed by atoms with van der Waals surface area (Å²) in [5.74, 6) is 0.776. The van der Waals surface area contributed by atoms with Crippen molar-refractivity contribution >= 4 is 5.69 Å². The van der Waals surface area contributed by atoms with Crippen LogP contribution in [0.3, 0.4) is 0 Å². The minimum absolute atomic E-state index is 0.174. The molecule has 3 aliphatic heterocycles. The Bertz CT molecular complexity index is 586. The van der Waals surface area contributed by atoms with Gasteiger partial charge < -0.3 is 14.7 Å². The fourth-order valence-electron chi connectivity index (χ4n) is 4.94. The number of aliphatic hydroxyl groups is 1. The number of nitrogens with zero attached hydrogens (tertiary/aromatic N) is 3. The zero-order valence-electron chi connectivity index (χ0n) is 16.1. The van der Waals surface area contributed by atoms with Gasteiger partial charge in [-0.2, -0.15) is 0 Å². The zero-order chi connectivity index (χ0) is 18.6. The van der Waals surface area contributed by atoms with Gasteiger partial charge >= 0.3 is 0 Å². The van der Waals surface area contributed by atoms with Crippen LogP contribution >= 0.6 is 0 Å². The summed E-state index contributed by atoms with van der Waals surface area (Å²) in [5.41, 5.74) is 1.12. The highest BCUT2D eigenvalue weighted by Gasteiger charge is 2.37. The van der Waals surface area contributed by atoms with Crippen molar-refractivity contribution in [3.05, 3.63) is 30.1 Å². The van der Waals surface area contributed by atoms with Gasteiger partial charge in [-0.3, -0.25) is 9.80 Å². The summed E-state index contributed by atoms with van der Waals surface area (Å²) < 4.78 is 18.6. The minimum atomic E-state index is -0.174. The lowest BCUT2D eigenvalue weighted by Crippen LogP contribution is -2.45. The maximum atomic E-state index is 13.1. The van der Waals surface area contributed by atoms with E-state index in [2.05, 4.69) is 14.7 Å². The van der Waals surface area contributed by atoms with E-state index in [9.17, 15) is 9.50 Å². The summed E-state index contributed by atoms with van der Waals surface area (Å²) >= 11 is 0. The number of piperidine rings is 1. The van der Waals surface area contributed by atoms with Gasteiger partial charge in [-0.15, -0.1) is 0 Å². The molecule has 0 bridgehead atoms. The molecule has 3 saturated heterocycles. The van der Waals surface area contributed by atoms with Crippen molar-refractivity contribution < 1.29 is 14.2 Å². The van der Waals surface area contributed by atoms with E-state index in [1.54, 1.807) is 12.1 Å². The molecule has 27 heavy (non-hydrogen) atoms. The summed E-state index contributed by atoms with van der Waals surface area (Å²) in [6.45, 7) is 9.24. The molecule has 1 aromatic rings. The number of rotatable bonds is 5. The van der Waals surface area contributed by atoms with Crippen LogP contribution in [0.5, 0.6) is 0 Å². The van der Waals surface area contributed by atoms with Crippen LogP contribution in [0, 0.1) is 17.7 Å². The summed E-state index contributed by atoms with van der Waals surface area (Å²) in [5, 5.41) is 9.89. The monoisotopic (exact) mass is 377 g/mol. The van der Waals surface area contributed by atoms with E-state index in [0.717, 1.165) is 77.6 Å². The molecule has 3 aliphatic rings. The third-order valence-electron chi connectivity index (χ3n) is 6.61. The topological polar surface area (TPSA) is 39.2 Å². The number of ether oxygens (including phenoxy) is 1. The van der Waals surface area contributed by atoms with Gasteiger partial charge in [0.05, 0.1) is 13.2 Å². The Labute approximate surface area is 161 Å². The lowest BCUT2D eigenvalue weighted by Gasteiger charge is -2.38. The number of hydrogen-bond donors (Lipinski definition) is 1. The van der Waals surface area contributed by atoms with Gasteiger partial charge in [0.25, 0.3) is 0 Å². The van der Waals surface area contributed by atoms with Gasteiger partial charge in [0.15, 0.2) is 0 Å². The van der Waals surface area contributed by atoms with Gasteiger partial charge in [-0.1, -0.05) is 0 Å². The van der Waals surface area contributed by atoms with Gasteiger partial charge in [0, 0.05) is 64.1 Å². The van der Waals surface area contributed by atoms with E-state index in [4.69, 9.17) is 4.74 Å². The zero-order valence-corrected chi connectivity index (χ0v) is 16.1. The van der Waals surface area contributed by atoms with Crippen LogP contribution in [0.15, 0.2) is 24.3 Å². The normalized spacial score (nSPS) is 28.7. The molecule has 1 N–H and O–H groups in total. The molecule has 4 rings (SSSR count). The highest BCUT2D eigenvalue weighted by Crippen LogP contribution is 2.30. The predicted octanol–water partition coefficient (Wildman–Crippen LogP) is 1.67. The van der Waals surface area contributed by atoms with E-state index < -0.39 is 0 Å². The Hall–Kier alpha value is -1.21. The SMILES string of the molecule is OC[C@H]1CN(C2CCN(c3ccc(F)cc3)CC2)C[C@H]1CN1CCOCC1. The van der Waals surface area contributed by atoms with E-state index >= 15 is 0 Å². The third kappa shape index (κ3) is 4.62. The molecule has 5 nitrogen and oxygen atoms in total. The average molecular weight is 378 g/mol. The molecule has 0 amide bonds. The second-order valence-corrected chi connectivity index (χ2v) is 8.26. The van der Waals surface area contributed by atoms with Crippen LogP contribution in [-0.2, 0) is 4.74 Å². The Kier molecular flexibility index (Phi) is 6.28. The maximum absolute atomic E-state index is 13.1. The van der Waals surface area contributed by atoms with E-state index in [0.29, 0.717) is 24.5 Å². The number of benzene rings is 1. The lowest BCUT2D eigenvalue weighted by atomic mass is 9.96. The molecule has 6 heteroatoms. The van der Waals surface area contributed by atoms with Gasteiger partial charge in [0.1, 0.15) is 5.82 Å². The number of aliphatic hydroxyl groups excluding tert-OH is 1. The van der Waals surface area contributed by atoms with Crippen molar-refractivity contribution in [2.75, 3.05) is 70.5 Å². The first-order valence-corrected chi connectivity index (χ1v) is 10.4. The maximum Gasteiger partial charge on any atom is 0.123 e. The number of anilines is 1. The van der Waals surface area contributed by atoms with Gasteiger partial charge in [-0.05, 0) is 48.9 Å². The fraction of sp³-hybridized carbons (Fsp3) is 0.714. The molecule has 2 atom stereocenters. The molecule has 0 saturated carbocycles. The van der Waals surface area contributed by atoms with E-state index in [-0.39, 0.29) is 5.82 Å². The summed E-state index contributed by atoms with van der Waals surface area (Å²) in [6.07, 6.45) is 2.28. The van der Waals surface area contributed by atoms with E-state index in [1.165, 1.54) is 0 Å².